The number of benzene rings is 1. The fraction of sp³-hybridized carbons (Fsp3) is 0.625. The summed E-state index contributed by atoms with van der Waals surface area (Å²) in [5, 5.41) is 30.7. The Bertz CT molecular complexity index is 2040. The lowest BCUT2D eigenvalue weighted by molar-refractivity contribution is -0.215. The van der Waals surface area contributed by atoms with Gasteiger partial charge in [0.15, 0.2) is 6.10 Å². The maximum Gasteiger partial charge on any atom is 0.309 e. The maximum absolute atomic E-state index is 14.8. The number of aliphatic carboxylic acids is 2. The summed E-state index contributed by atoms with van der Waals surface area (Å²) >= 11 is 1.12. The fourth-order valence-corrected chi connectivity index (χ4v) is 8.54. The van der Waals surface area contributed by atoms with Crippen LogP contribution in [-0.4, -0.2) is 105 Å². The standard InChI is InChI=1S/C48H71N7O11S/c1-10-12-15-24-65-55(46(62)41(30(5)11-2)44(61)53-39-16-13-14-23-54(39)9)36(29(3)4)26-37(66-31(6)56)45-52-38(28-67-45)51-42(59)33(27-48(7,8)47(63)64)25-32-17-19-34(20-18-32)50-43(60)35(49)21-22-40(57)58/h1,17-20,28-30,33,35-37,39,41H,11-16,21-27,49H2,2-9H3,(H,50,60)(H,51,59)(H,53,61)(H,57,58)(H,63,64)/t30-,33-,35+,36+,37+,39+,41-/m0/s1. The number of likely N-dealkylation sites (tertiary alicyclic amines) is 1. The third-order valence-corrected chi connectivity index (χ3v) is 13.0. The van der Waals surface area contributed by atoms with Gasteiger partial charge in [0.05, 0.1) is 30.3 Å². The monoisotopic (exact) mass is 953 g/mol. The number of carboxylic acid groups (broad SMARTS) is 2. The van der Waals surface area contributed by atoms with E-state index >= 15 is 0 Å². The van der Waals surface area contributed by atoms with Crippen LogP contribution in [-0.2, 0) is 49.6 Å². The largest absolute Gasteiger partial charge is 0.481 e. The molecule has 0 saturated carbocycles. The van der Waals surface area contributed by atoms with Crippen LogP contribution in [0.25, 0.3) is 0 Å². The van der Waals surface area contributed by atoms with Crippen LogP contribution in [0.1, 0.15) is 129 Å². The van der Waals surface area contributed by atoms with Gasteiger partial charge in [-0.15, -0.1) is 23.7 Å². The zero-order valence-corrected chi connectivity index (χ0v) is 41.0. The van der Waals surface area contributed by atoms with Crippen LogP contribution in [0.2, 0.25) is 0 Å². The number of terminal acetylenes is 1. The first-order chi connectivity index (χ1) is 31.6. The van der Waals surface area contributed by atoms with E-state index in [0.29, 0.717) is 35.5 Å². The second kappa shape index (κ2) is 26.8. The van der Waals surface area contributed by atoms with Gasteiger partial charge in [0.2, 0.25) is 17.7 Å². The Kier molecular flexibility index (Phi) is 22.4. The molecule has 1 aliphatic heterocycles. The molecule has 1 aromatic heterocycles. The number of amides is 4. The quantitative estimate of drug-likeness (QED) is 0.0198. The van der Waals surface area contributed by atoms with Gasteiger partial charge in [-0.05, 0) is 102 Å². The summed E-state index contributed by atoms with van der Waals surface area (Å²) in [6.07, 6.45) is 8.22. The molecular formula is C48H71N7O11S. The van der Waals surface area contributed by atoms with Gasteiger partial charge in [0.1, 0.15) is 16.7 Å². The Morgan fingerprint density at radius 1 is 1.04 bits per heavy atom. The number of hydrogen-bond donors (Lipinski definition) is 6. The SMILES string of the molecule is C#CCCCON(C(=O)[C@H](C(=O)N[C@H]1CCCCN1C)[C@@H](C)CC)[C@H](C[C@@H](OC(C)=O)c1nc(NC(=O)[C@@H](Cc2ccc(NC(=O)[C@H](N)CCC(=O)O)cc2)CC(C)(C)C(=O)O)cs1)C(C)C. The first kappa shape index (κ1) is 55.9. The molecule has 2 heterocycles. The van der Waals surface area contributed by atoms with Crippen molar-refractivity contribution >= 4 is 64.4 Å². The first-order valence-electron chi connectivity index (χ1n) is 23.0. The lowest BCUT2D eigenvalue weighted by Gasteiger charge is -2.38. The fourth-order valence-electron chi connectivity index (χ4n) is 7.75. The molecule has 1 aliphatic rings. The van der Waals surface area contributed by atoms with Crippen molar-refractivity contribution < 1.29 is 53.3 Å². The van der Waals surface area contributed by atoms with Gasteiger partial charge in [-0.25, -0.2) is 10.0 Å². The summed E-state index contributed by atoms with van der Waals surface area (Å²) in [4.78, 5) is 104. The second-order valence-electron chi connectivity index (χ2n) is 18.4. The summed E-state index contributed by atoms with van der Waals surface area (Å²) in [7, 11) is 1.95. The molecule has 67 heavy (non-hydrogen) atoms. The van der Waals surface area contributed by atoms with E-state index in [-0.39, 0.29) is 62.5 Å². The third kappa shape index (κ3) is 17.6. The van der Waals surface area contributed by atoms with Gasteiger partial charge in [0, 0.05) is 43.2 Å². The van der Waals surface area contributed by atoms with Crippen molar-refractivity contribution in [2.24, 2.45) is 34.8 Å². The number of anilines is 2. The number of hydrogen-bond acceptors (Lipinski definition) is 13. The molecule has 0 radical (unpaired) electrons. The van der Waals surface area contributed by atoms with Crippen molar-refractivity contribution in [1.82, 2.24) is 20.3 Å². The van der Waals surface area contributed by atoms with Crippen LogP contribution in [0.5, 0.6) is 0 Å². The van der Waals surface area contributed by atoms with Crippen molar-refractivity contribution in [2.75, 3.05) is 30.8 Å². The van der Waals surface area contributed by atoms with Crippen molar-refractivity contribution in [1.29, 1.82) is 0 Å². The Morgan fingerprint density at radius 2 is 1.73 bits per heavy atom. The molecule has 0 unspecified atom stereocenters. The molecule has 18 nitrogen and oxygen atoms in total. The highest BCUT2D eigenvalue weighted by Gasteiger charge is 2.42. The molecule has 1 fully saturated rings. The van der Waals surface area contributed by atoms with Gasteiger partial charge in [-0.2, -0.15) is 0 Å². The second-order valence-corrected chi connectivity index (χ2v) is 19.3. The minimum atomic E-state index is -1.30. The number of nitrogens with two attached hydrogens (primary N) is 1. The summed E-state index contributed by atoms with van der Waals surface area (Å²) in [5.74, 6) is -4.61. The molecular weight excluding hydrogens is 883 g/mol. The number of nitrogens with zero attached hydrogens (tertiary/aromatic N) is 3. The number of piperidine rings is 1. The minimum absolute atomic E-state index is 0.0272. The van der Waals surface area contributed by atoms with E-state index in [1.165, 1.54) is 25.8 Å². The number of esters is 1. The number of nitrogens with one attached hydrogen (secondary N) is 3. The van der Waals surface area contributed by atoms with Gasteiger partial charge in [0.25, 0.3) is 5.91 Å². The molecule has 7 N–H and O–H groups in total. The summed E-state index contributed by atoms with van der Waals surface area (Å²) in [5.41, 5.74) is 5.60. The zero-order chi connectivity index (χ0) is 50.0. The van der Waals surface area contributed by atoms with E-state index in [9.17, 15) is 38.7 Å². The topological polar surface area (TPSA) is 260 Å². The Balaban J connectivity index is 1.91. The van der Waals surface area contributed by atoms with Gasteiger partial charge in [-0.1, -0.05) is 46.2 Å². The molecule has 4 amide bonds. The van der Waals surface area contributed by atoms with Crippen LogP contribution in [0, 0.1) is 41.4 Å². The molecule has 7 atom stereocenters. The lowest BCUT2D eigenvalue weighted by atomic mass is 9.80. The molecule has 3 rings (SSSR count). The van der Waals surface area contributed by atoms with E-state index in [4.69, 9.17) is 26.8 Å². The first-order valence-corrected chi connectivity index (χ1v) is 23.9. The number of hydroxylamine groups is 2. The number of carboxylic acids is 2. The van der Waals surface area contributed by atoms with Gasteiger partial charge in [-0.3, -0.25) is 43.3 Å². The predicted octanol–water partition coefficient (Wildman–Crippen LogP) is 5.98. The summed E-state index contributed by atoms with van der Waals surface area (Å²) in [6.45, 7) is 12.8. The average molecular weight is 954 g/mol. The van der Waals surface area contributed by atoms with Gasteiger partial charge >= 0.3 is 17.9 Å². The van der Waals surface area contributed by atoms with Gasteiger partial charge < -0.3 is 36.6 Å². The molecule has 19 heteroatoms. The molecule has 0 aliphatic carbocycles. The minimum Gasteiger partial charge on any atom is -0.481 e. The molecule has 0 bridgehead atoms. The lowest BCUT2D eigenvalue weighted by Crippen LogP contribution is -2.55. The van der Waals surface area contributed by atoms with Crippen LogP contribution in [0.4, 0.5) is 11.5 Å². The van der Waals surface area contributed by atoms with Crippen molar-refractivity contribution in [3.05, 3.63) is 40.2 Å². The van der Waals surface area contributed by atoms with Crippen molar-refractivity contribution in [3.8, 4) is 12.3 Å². The highest BCUT2D eigenvalue weighted by Crippen LogP contribution is 2.35. The highest BCUT2D eigenvalue weighted by molar-refractivity contribution is 7.10. The van der Waals surface area contributed by atoms with Crippen molar-refractivity contribution in [3.63, 3.8) is 0 Å². The predicted molar refractivity (Wildman–Crippen MR) is 254 cm³/mol. The molecule has 2 aromatic rings. The number of carbonyl (C=O) groups is 7. The smallest absolute Gasteiger partial charge is 0.309 e. The third-order valence-electron chi connectivity index (χ3n) is 12.1. The maximum atomic E-state index is 14.8. The molecule has 1 saturated heterocycles. The molecule has 370 valence electrons. The molecule has 0 spiro atoms. The number of thiazole rings is 1. The van der Waals surface area contributed by atoms with E-state index in [1.807, 2.05) is 34.7 Å². The van der Waals surface area contributed by atoms with Crippen LogP contribution < -0.4 is 21.7 Å². The normalized spacial score (nSPS) is 16.9. The van der Waals surface area contributed by atoms with Crippen LogP contribution in [0.15, 0.2) is 29.6 Å². The highest BCUT2D eigenvalue weighted by atomic mass is 32.1. The summed E-state index contributed by atoms with van der Waals surface area (Å²) in [6, 6.07) is 4.82. The number of aromatic nitrogens is 1. The Labute approximate surface area is 398 Å². The van der Waals surface area contributed by atoms with E-state index < -0.39 is 77.0 Å². The van der Waals surface area contributed by atoms with Crippen LogP contribution in [0.3, 0.4) is 0 Å². The zero-order valence-electron chi connectivity index (χ0n) is 40.2. The summed E-state index contributed by atoms with van der Waals surface area (Å²) < 4.78 is 5.85. The average Bonchev–Trinajstić information content (AvgIpc) is 3.73. The number of carbonyl (C=O) groups excluding carboxylic acids is 5. The van der Waals surface area contributed by atoms with E-state index in [2.05, 4.69) is 31.8 Å². The molecule has 1 aromatic carbocycles. The number of rotatable bonds is 27. The Morgan fingerprint density at radius 3 is 2.31 bits per heavy atom. The van der Waals surface area contributed by atoms with Crippen LogP contribution >= 0.6 is 11.3 Å². The van der Waals surface area contributed by atoms with E-state index in [0.717, 1.165) is 37.1 Å². The number of ether oxygens (including phenoxy) is 1. The van der Waals surface area contributed by atoms with E-state index in [1.54, 1.807) is 29.6 Å². The Hall–Kier alpha value is -5.42. The van der Waals surface area contributed by atoms with Crippen molar-refractivity contribution in [2.45, 2.75) is 143 Å². The number of unbranched alkanes of at least 4 members (excludes halogenated alkanes) is 1.